The van der Waals surface area contributed by atoms with E-state index in [1.54, 1.807) is 18.5 Å². The van der Waals surface area contributed by atoms with E-state index in [0.29, 0.717) is 16.8 Å². The van der Waals surface area contributed by atoms with Crippen molar-refractivity contribution in [3.8, 4) is 22.3 Å². The minimum atomic E-state index is -0.665. The maximum atomic E-state index is 13.5. The lowest BCUT2D eigenvalue weighted by Gasteiger charge is -2.21. The summed E-state index contributed by atoms with van der Waals surface area (Å²) in [5, 5.41) is 2.99. The number of ether oxygens (including phenoxy) is 1. The Bertz CT molecular complexity index is 1420. The van der Waals surface area contributed by atoms with Gasteiger partial charge in [0.05, 0.1) is 11.3 Å². The maximum absolute atomic E-state index is 13.5. The van der Waals surface area contributed by atoms with Crippen molar-refractivity contribution in [2.24, 2.45) is 0 Å². The molecule has 4 aromatic rings. The number of esters is 1. The topological polar surface area (TPSA) is 68.3 Å². The van der Waals surface area contributed by atoms with Gasteiger partial charge in [-0.2, -0.15) is 0 Å². The van der Waals surface area contributed by atoms with Crippen LogP contribution >= 0.6 is 0 Å². The Morgan fingerprint density at radius 3 is 2.22 bits per heavy atom. The van der Waals surface area contributed by atoms with Crippen LogP contribution in [0.2, 0.25) is 0 Å². The summed E-state index contributed by atoms with van der Waals surface area (Å²) in [7, 11) is 0. The summed E-state index contributed by atoms with van der Waals surface area (Å²) < 4.78 is 5.62. The van der Waals surface area contributed by atoms with Gasteiger partial charge in [0.1, 0.15) is 5.60 Å². The van der Waals surface area contributed by atoms with Crippen LogP contribution in [-0.2, 0) is 4.74 Å². The number of amides is 1. The first-order valence-electron chi connectivity index (χ1n) is 11.9. The number of hydrogen-bond donors (Lipinski definition) is 1. The summed E-state index contributed by atoms with van der Waals surface area (Å²) in [5.74, 6) is -0.792. The fourth-order valence-corrected chi connectivity index (χ4v) is 3.99. The Kier molecular flexibility index (Phi) is 7.02. The monoisotopic (exact) mass is 478 g/mol. The van der Waals surface area contributed by atoms with E-state index in [-0.39, 0.29) is 5.91 Å². The summed E-state index contributed by atoms with van der Waals surface area (Å²) in [5.41, 5.74) is 6.22. The molecule has 0 unspecified atom stereocenters. The summed E-state index contributed by atoms with van der Waals surface area (Å²) in [6, 6.07) is 23.0. The second-order valence-electron chi connectivity index (χ2n) is 9.80. The predicted molar refractivity (Wildman–Crippen MR) is 144 cm³/mol. The fourth-order valence-electron chi connectivity index (χ4n) is 3.99. The van der Waals surface area contributed by atoms with Gasteiger partial charge in [0, 0.05) is 23.5 Å². The number of carbonyl (C=O) groups excluding carboxylic acids is 2. The SMILES string of the molecule is Cc1ccc(-c2cccnc2)cc1C(=O)Nc1cc(-c2ccccc2C)ccc1C(=O)OC(C)(C)C. The molecule has 36 heavy (non-hydrogen) atoms. The third kappa shape index (κ3) is 5.69. The van der Waals surface area contributed by atoms with E-state index in [9.17, 15) is 9.59 Å². The quantitative estimate of drug-likeness (QED) is 0.307. The number of hydrogen-bond acceptors (Lipinski definition) is 4. The van der Waals surface area contributed by atoms with Gasteiger partial charge in [-0.1, -0.05) is 48.5 Å². The van der Waals surface area contributed by atoms with Crippen LogP contribution in [0.25, 0.3) is 22.3 Å². The molecule has 0 aliphatic carbocycles. The molecule has 0 aliphatic heterocycles. The highest BCUT2D eigenvalue weighted by Crippen LogP contribution is 2.30. The molecule has 0 bridgehead atoms. The van der Waals surface area contributed by atoms with Crippen LogP contribution in [0.1, 0.15) is 52.6 Å². The first kappa shape index (κ1) is 24.9. The van der Waals surface area contributed by atoms with E-state index >= 15 is 0 Å². The first-order valence-corrected chi connectivity index (χ1v) is 11.9. The van der Waals surface area contributed by atoms with Crippen LogP contribution in [0.3, 0.4) is 0 Å². The number of benzene rings is 3. The minimum absolute atomic E-state index is 0.301. The molecule has 0 aliphatic rings. The summed E-state index contributed by atoms with van der Waals surface area (Å²) in [6.07, 6.45) is 3.48. The Balaban J connectivity index is 1.75. The van der Waals surface area contributed by atoms with Crippen LogP contribution in [0.4, 0.5) is 5.69 Å². The van der Waals surface area contributed by atoms with Gasteiger partial charge in [0.15, 0.2) is 0 Å². The molecule has 0 fully saturated rings. The first-order chi connectivity index (χ1) is 17.1. The molecule has 0 saturated carbocycles. The number of rotatable bonds is 5. The van der Waals surface area contributed by atoms with Crippen molar-refractivity contribution in [1.82, 2.24) is 4.98 Å². The molecule has 0 saturated heterocycles. The zero-order valence-electron chi connectivity index (χ0n) is 21.3. The van der Waals surface area contributed by atoms with Gasteiger partial charge in [-0.15, -0.1) is 0 Å². The highest BCUT2D eigenvalue weighted by Gasteiger charge is 2.23. The van der Waals surface area contributed by atoms with E-state index in [1.807, 2.05) is 101 Å². The van der Waals surface area contributed by atoms with Gasteiger partial charge in [-0.3, -0.25) is 9.78 Å². The Hall–Kier alpha value is -4.25. The molecule has 0 radical (unpaired) electrons. The average molecular weight is 479 g/mol. The molecule has 5 nitrogen and oxygen atoms in total. The summed E-state index contributed by atoms with van der Waals surface area (Å²) in [6.45, 7) is 9.37. The number of anilines is 1. The highest BCUT2D eigenvalue weighted by molar-refractivity contribution is 6.09. The van der Waals surface area contributed by atoms with Gasteiger partial charge >= 0.3 is 5.97 Å². The molecule has 3 aromatic carbocycles. The molecule has 4 rings (SSSR count). The molecule has 1 N–H and O–H groups in total. The average Bonchev–Trinajstić information content (AvgIpc) is 2.84. The Morgan fingerprint density at radius 1 is 0.778 bits per heavy atom. The van der Waals surface area contributed by atoms with E-state index in [2.05, 4.69) is 10.3 Å². The van der Waals surface area contributed by atoms with Crippen molar-refractivity contribution in [1.29, 1.82) is 0 Å². The number of pyridine rings is 1. The number of aromatic nitrogens is 1. The normalized spacial score (nSPS) is 11.1. The molecular weight excluding hydrogens is 448 g/mol. The maximum Gasteiger partial charge on any atom is 0.340 e. The van der Waals surface area contributed by atoms with E-state index in [1.165, 1.54) is 0 Å². The molecule has 5 heteroatoms. The zero-order valence-corrected chi connectivity index (χ0v) is 21.3. The molecule has 1 aromatic heterocycles. The largest absolute Gasteiger partial charge is 0.456 e. The molecule has 0 atom stereocenters. The number of nitrogens with one attached hydrogen (secondary N) is 1. The molecule has 1 amide bonds. The third-order valence-corrected chi connectivity index (χ3v) is 5.82. The third-order valence-electron chi connectivity index (χ3n) is 5.82. The van der Waals surface area contributed by atoms with Crippen molar-refractivity contribution in [2.45, 2.75) is 40.2 Å². The van der Waals surface area contributed by atoms with Gasteiger partial charge in [0.25, 0.3) is 5.91 Å². The standard InChI is InChI=1S/C31H30N2O3/c1-20-9-6-7-11-25(20)23-14-15-26(30(35)36-31(3,4)5)28(18-23)33-29(34)27-17-22(13-12-21(27)2)24-10-8-16-32-19-24/h6-19H,1-5H3,(H,33,34). The summed E-state index contributed by atoms with van der Waals surface area (Å²) in [4.78, 5) is 30.7. The molecule has 0 spiro atoms. The smallest absolute Gasteiger partial charge is 0.340 e. The number of nitrogens with zero attached hydrogens (tertiary/aromatic N) is 1. The van der Waals surface area contributed by atoms with Crippen molar-refractivity contribution >= 4 is 17.6 Å². The van der Waals surface area contributed by atoms with E-state index < -0.39 is 11.6 Å². The van der Waals surface area contributed by atoms with Gasteiger partial charge in [-0.25, -0.2) is 4.79 Å². The van der Waals surface area contributed by atoms with Crippen molar-refractivity contribution in [3.05, 3.63) is 107 Å². The van der Waals surface area contributed by atoms with Crippen LogP contribution in [0.15, 0.2) is 85.2 Å². The van der Waals surface area contributed by atoms with Crippen molar-refractivity contribution in [2.75, 3.05) is 5.32 Å². The Morgan fingerprint density at radius 2 is 1.53 bits per heavy atom. The Labute approximate surface area is 212 Å². The summed E-state index contributed by atoms with van der Waals surface area (Å²) >= 11 is 0. The van der Waals surface area contributed by atoms with Gasteiger partial charge < -0.3 is 10.1 Å². The van der Waals surface area contributed by atoms with Crippen molar-refractivity contribution in [3.63, 3.8) is 0 Å². The lowest BCUT2D eigenvalue weighted by molar-refractivity contribution is 0.00708. The van der Waals surface area contributed by atoms with Crippen LogP contribution in [-0.4, -0.2) is 22.5 Å². The predicted octanol–water partition coefficient (Wildman–Crippen LogP) is 7.24. The fraction of sp³-hybridized carbons (Fsp3) is 0.194. The zero-order chi connectivity index (χ0) is 25.9. The van der Waals surface area contributed by atoms with Crippen LogP contribution < -0.4 is 5.32 Å². The molecule has 1 heterocycles. The van der Waals surface area contributed by atoms with E-state index in [4.69, 9.17) is 4.74 Å². The minimum Gasteiger partial charge on any atom is -0.456 e. The molecule has 182 valence electrons. The second kappa shape index (κ2) is 10.2. The molecular formula is C31H30N2O3. The highest BCUT2D eigenvalue weighted by atomic mass is 16.6. The number of aryl methyl sites for hydroxylation is 2. The van der Waals surface area contributed by atoms with Crippen molar-refractivity contribution < 1.29 is 14.3 Å². The van der Waals surface area contributed by atoms with Gasteiger partial charge in [0.2, 0.25) is 0 Å². The second-order valence-corrected chi connectivity index (χ2v) is 9.80. The van der Waals surface area contributed by atoms with Crippen LogP contribution in [0, 0.1) is 13.8 Å². The lowest BCUT2D eigenvalue weighted by Crippen LogP contribution is -2.25. The van der Waals surface area contributed by atoms with Gasteiger partial charge in [-0.05, 0) is 86.7 Å². The lowest BCUT2D eigenvalue weighted by atomic mass is 9.97. The van der Waals surface area contributed by atoms with Crippen LogP contribution in [0.5, 0.6) is 0 Å². The van der Waals surface area contributed by atoms with E-state index in [0.717, 1.165) is 33.4 Å². The number of carbonyl (C=O) groups is 2.